The summed E-state index contributed by atoms with van der Waals surface area (Å²) in [5.74, 6) is 0.446. The van der Waals surface area contributed by atoms with Gasteiger partial charge in [-0.15, -0.1) is 6.58 Å². The Morgan fingerprint density at radius 3 is 2.57 bits per heavy atom. The zero-order chi connectivity index (χ0) is 15.1. The number of rotatable bonds is 6. The number of para-hydroxylation sites is 2. The van der Waals surface area contributed by atoms with E-state index in [1.54, 1.807) is 30.5 Å². The van der Waals surface area contributed by atoms with E-state index in [0.717, 1.165) is 11.1 Å². The molecule has 0 heterocycles. The number of nitrogens with zero attached hydrogens (tertiary/aromatic N) is 1. The summed E-state index contributed by atoms with van der Waals surface area (Å²) in [6.45, 7) is 4.08. The van der Waals surface area contributed by atoms with Crippen molar-refractivity contribution in [2.75, 3.05) is 0 Å². The van der Waals surface area contributed by atoms with Crippen LogP contribution in [0.1, 0.15) is 16.7 Å². The maximum absolute atomic E-state index is 10.1. The third-order valence-electron chi connectivity index (χ3n) is 3.07. The first-order valence-corrected chi connectivity index (χ1v) is 6.67. The maximum Gasteiger partial charge on any atom is 0.127 e. The lowest BCUT2D eigenvalue weighted by Crippen LogP contribution is -2.05. The van der Waals surface area contributed by atoms with E-state index in [0.29, 0.717) is 18.5 Å². The Morgan fingerprint density at radius 1 is 1.05 bits per heavy atom. The Labute approximate surface area is 124 Å². The quantitative estimate of drug-likeness (QED) is 0.433. The molecule has 0 unspecified atom stereocenters. The minimum Gasteiger partial charge on any atom is -0.508 e. The van der Waals surface area contributed by atoms with Crippen LogP contribution < -0.4 is 5.43 Å². The van der Waals surface area contributed by atoms with Gasteiger partial charge < -0.3 is 15.6 Å². The van der Waals surface area contributed by atoms with Gasteiger partial charge in [0.1, 0.15) is 11.5 Å². The molecule has 0 saturated carbocycles. The van der Waals surface area contributed by atoms with Crippen molar-refractivity contribution in [3.63, 3.8) is 0 Å². The fourth-order valence-corrected chi connectivity index (χ4v) is 1.94. The van der Waals surface area contributed by atoms with Crippen molar-refractivity contribution < 1.29 is 10.2 Å². The summed E-state index contributed by atoms with van der Waals surface area (Å²) in [6, 6.07) is 12.6. The molecule has 21 heavy (non-hydrogen) atoms. The first kappa shape index (κ1) is 14.7. The van der Waals surface area contributed by atoms with Gasteiger partial charge in [0.15, 0.2) is 0 Å². The molecule has 2 aromatic carbocycles. The van der Waals surface area contributed by atoms with E-state index in [2.05, 4.69) is 17.1 Å². The molecule has 0 aliphatic rings. The fourth-order valence-electron chi connectivity index (χ4n) is 1.94. The molecule has 0 fully saturated rings. The topological polar surface area (TPSA) is 64.9 Å². The van der Waals surface area contributed by atoms with Crippen molar-refractivity contribution in [1.82, 2.24) is 5.43 Å². The summed E-state index contributed by atoms with van der Waals surface area (Å²) in [5, 5.41) is 23.8. The molecule has 108 valence electrons. The Morgan fingerprint density at radius 2 is 1.81 bits per heavy atom. The largest absolute Gasteiger partial charge is 0.508 e. The monoisotopic (exact) mass is 282 g/mol. The van der Waals surface area contributed by atoms with E-state index in [1.165, 1.54) is 0 Å². The van der Waals surface area contributed by atoms with Gasteiger partial charge in [-0.05, 0) is 24.1 Å². The molecule has 0 aromatic heterocycles. The van der Waals surface area contributed by atoms with Gasteiger partial charge >= 0.3 is 0 Å². The lowest BCUT2D eigenvalue weighted by atomic mass is 10.1. The van der Waals surface area contributed by atoms with Crippen molar-refractivity contribution in [2.24, 2.45) is 5.10 Å². The fraction of sp³-hybridized carbons (Fsp3) is 0.118. The lowest BCUT2D eigenvalue weighted by molar-refractivity contribution is 0.465. The summed E-state index contributed by atoms with van der Waals surface area (Å²) >= 11 is 0. The molecule has 0 aliphatic heterocycles. The number of phenolic OH excluding ortho intramolecular Hbond substituents is 2. The molecule has 2 aromatic rings. The van der Waals surface area contributed by atoms with Gasteiger partial charge in [0.25, 0.3) is 0 Å². The normalized spacial score (nSPS) is 10.7. The van der Waals surface area contributed by atoms with Crippen molar-refractivity contribution in [2.45, 2.75) is 13.0 Å². The highest BCUT2D eigenvalue weighted by Crippen LogP contribution is 2.21. The highest BCUT2D eigenvalue weighted by atomic mass is 16.3. The predicted molar refractivity (Wildman–Crippen MR) is 84.5 cm³/mol. The van der Waals surface area contributed by atoms with E-state index in [1.807, 2.05) is 24.3 Å². The summed E-state index contributed by atoms with van der Waals surface area (Å²) in [4.78, 5) is 0. The Hall–Kier alpha value is -2.75. The van der Waals surface area contributed by atoms with E-state index >= 15 is 0 Å². The smallest absolute Gasteiger partial charge is 0.127 e. The van der Waals surface area contributed by atoms with Gasteiger partial charge in [0, 0.05) is 11.1 Å². The van der Waals surface area contributed by atoms with E-state index in [4.69, 9.17) is 0 Å². The molecular formula is C17H18N2O2. The highest BCUT2D eigenvalue weighted by Gasteiger charge is 2.03. The zero-order valence-electron chi connectivity index (χ0n) is 11.7. The summed E-state index contributed by atoms with van der Waals surface area (Å²) in [6.07, 6.45) is 3.91. The second-order valence-corrected chi connectivity index (χ2v) is 4.57. The average Bonchev–Trinajstić information content (AvgIpc) is 2.49. The van der Waals surface area contributed by atoms with Crippen molar-refractivity contribution in [3.8, 4) is 11.5 Å². The minimum atomic E-state index is 0.213. The number of hydrazone groups is 1. The standard InChI is InChI=1S/C17H18N2O2/c1-2-6-13-8-5-9-15(17(13)21)12-19-18-11-14-7-3-4-10-16(14)20/h2-5,7-10,12,18,20-21H,1,6,11H2. The molecule has 0 bridgehead atoms. The van der Waals surface area contributed by atoms with Crippen molar-refractivity contribution in [3.05, 3.63) is 71.8 Å². The lowest BCUT2D eigenvalue weighted by Gasteiger charge is -2.05. The van der Waals surface area contributed by atoms with E-state index in [9.17, 15) is 10.2 Å². The van der Waals surface area contributed by atoms with E-state index < -0.39 is 0 Å². The Kier molecular flexibility index (Phi) is 4.99. The highest BCUT2D eigenvalue weighted by molar-refractivity contribution is 5.83. The van der Waals surface area contributed by atoms with Crippen LogP contribution in [0.2, 0.25) is 0 Å². The van der Waals surface area contributed by atoms with Crippen LogP contribution in [-0.4, -0.2) is 16.4 Å². The van der Waals surface area contributed by atoms with Crippen LogP contribution in [0.5, 0.6) is 11.5 Å². The van der Waals surface area contributed by atoms with Gasteiger partial charge in [-0.2, -0.15) is 5.10 Å². The summed E-state index contributed by atoms with van der Waals surface area (Å²) < 4.78 is 0. The first-order chi connectivity index (χ1) is 10.2. The third-order valence-corrected chi connectivity index (χ3v) is 3.07. The van der Waals surface area contributed by atoms with Crippen LogP contribution in [0.3, 0.4) is 0 Å². The van der Waals surface area contributed by atoms with Gasteiger partial charge in [-0.3, -0.25) is 0 Å². The minimum absolute atomic E-state index is 0.213. The van der Waals surface area contributed by atoms with Gasteiger partial charge in [0.05, 0.1) is 12.8 Å². The molecule has 0 radical (unpaired) electrons. The number of phenols is 2. The number of hydrogen-bond donors (Lipinski definition) is 3. The third kappa shape index (κ3) is 3.86. The molecule has 4 heteroatoms. The van der Waals surface area contributed by atoms with Gasteiger partial charge in [-0.1, -0.05) is 36.4 Å². The predicted octanol–water partition coefficient (Wildman–Crippen LogP) is 2.95. The molecule has 4 nitrogen and oxygen atoms in total. The molecule has 0 spiro atoms. The number of hydrogen-bond acceptors (Lipinski definition) is 4. The number of nitrogens with one attached hydrogen (secondary N) is 1. The second-order valence-electron chi connectivity index (χ2n) is 4.57. The molecule has 0 saturated heterocycles. The van der Waals surface area contributed by atoms with Crippen LogP contribution in [-0.2, 0) is 13.0 Å². The SMILES string of the molecule is C=CCc1cccc(C=NNCc2ccccc2O)c1O. The van der Waals surface area contributed by atoms with Crippen molar-refractivity contribution in [1.29, 1.82) is 0 Å². The number of aromatic hydroxyl groups is 2. The molecule has 0 aliphatic carbocycles. The molecule has 0 amide bonds. The van der Waals surface area contributed by atoms with E-state index in [-0.39, 0.29) is 11.5 Å². The molecule has 2 rings (SSSR count). The summed E-state index contributed by atoms with van der Waals surface area (Å²) in [7, 11) is 0. The van der Waals surface area contributed by atoms with Gasteiger partial charge in [0.2, 0.25) is 0 Å². The summed E-state index contributed by atoms with van der Waals surface area (Å²) in [5.41, 5.74) is 5.06. The average molecular weight is 282 g/mol. The molecule has 0 atom stereocenters. The maximum atomic E-state index is 10.1. The zero-order valence-corrected chi connectivity index (χ0v) is 11.7. The van der Waals surface area contributed by atoms with Crippen LogP contribution in [0.4, 0.5) is 0 Å². The van der Waals surface area contributed by atoms with Crippen molar-refractivity contribution >= 4 is 6.21 Å². The molecule has 3 N–H and O–H groups in total. The van der Waals surface area contributed by atoms with Crippen LogP contribution in [0.25, 0.3) is 0 Å². The number of benzene rings is 2. The van der Waals surface area contributed by atoms with Crippen LogP contribution in [0, 0.1) is 0 Å². The first-order valence-electron chi connectivity index (χ1n) is 6.67. The van der Waals surface area contributed by atoms with Gasteiger partial charge in [-0.25, -0.2) is 0 Å². The molecular weight excluding hydrogens is 264 g/mol. The second kappa shape index (κ2) is 7.14. The Bertz CT molecular complexity index is 651. The van der Waals surface area contributed by atoms with Crippen LogP contribution in [0.15, 0.2) is 60.2 Å². The number of allylic oxidation sites excluding steroid dienone is 1. The Balaban J connectivity index is 2.00. The van der Waals surface area contributed by atoms with Crippen LogP contribution >= 0.6 is 0 Å².